The third-order valence-corrected chi connectivity index (χ3v) is 3.06. The summed E-state index contributed by atoms with van der Waals surface area (Å²) < 4.78 is 10.6. The number of benzene rings is 1. The van der Waals surface area contributed by atoms with Crippen LogP contribution in [0, 0.1) is 0 Å². The first kappa shape index (κ1) is 13.9. The van der Waals surface area contributed by atoms with Gasteiger partial charge in [-0.1, -0.05) is 6.08 Å². The van der Waals surface area contributed by atoms with Gasteiger partial charge in [0.05, 0.1) is 0 Å². The Morgan fingerprint density at radius 2 is 2.05 bits per heavy atom. The van der Waals surface area contributed by atoms with Crippen LogP contribution in [-0.2, 0) is 0 Å². The van der Waals surface area contributed by atoms with Crippen LogP contribution in [-0.4, -0.2) is 24.2 Å². The second-order valence-electron chi connectivity index (χ2n) is 4.62. The second kappa shape index (κ2) is 6.17. The first-order valence-corrected chi connectivity index (χ1v) is 6.78. The maximum atomic E-state index is 11.9. The molecular weight excluding hydrogens is 282 g/mol. The van der Waals surface area contributed by atoms with Crippen molar-refractivity contribution in [2.75, 3.05) is 18.7 Å². The maximum absolute atomic E-state index is 11.9. The van der Waals surface area contributed by atoms with Crippen molar-refractivity contribution >= 4 is 17.3 Å². The van der Waals surface area contributed by atoms with E-state index in [0.717, 1.165) is 17.1 Å². The number of carbonyl (C=O) groups excluding carboxylic acids is 1. The van der Waals surface area contributed by atoms with Gasteiger partial charge in [-0.3, -0.25) is 9.78 Å². The van der Waals surface area contributed by atoms with Crippen LogP contribution in [0.25, 0.3) is 0 Å². The van der Waals surface area contributed by atoms with E-state index in [9.17, 15) is 4.79 Å². The monoisotopic (exact) mass is 297 g/mol. The molecule has 0 aliphatic carbocycles. The molecule has 0 saturated carbocycles. The average molecular weight is 297 g/mol. The average Bonchev–Trinajstić information content (AvgIpc) is 3.00. The number of pyridine rings is 1. The van der Waals surface area contributed by atoms with Gasteiger partial charge >= 0.3 is 0 Å². The van der Waals surface area contributed by atoms with Crippen LogP contribution in [0.3, 0.4) is 0 Å². The van der Waals surface area contributed by atoms with Crippen molar-refractivity contribution in [1.82, 2.24) is 10.3 Å². The third kappa shape index (κ3) is 3.01. The van der Waals surface area contributed by atoms with Crippen molar-refractivity contribution in [3.05, 3.63) is 54.9 Å². The molecule has 1 aromatic heterocycles. The number of nitrogens with zero attached hydrogens (tertiary/aromatic N) is 1. The predicted molar refractivity (Wildman–Crippen MR) is 82.6 cm³/mol. The molecule has 0 spiro atoms. The van der Waals surface area contributed by atoms with E-state index >= 15 is 0 Å². The van der Waals surface area contributed by atoms with Gasteiger partial charge in [0.15, 0.2) is 11.5 Å². The Bertz CT molecular complexity index is 716. The molecule has 0 bridgehead atoms. The molecule has 22 heavy (non-hydrogen) atoms. The second-order valence-corrected chi connectivity index (χ2v) is 4.62. The molecule has 2 aromatic rings. The fourth-order valence-electron chi connectivity index (χ4n) is 2.03. The Labute approximate surface area is 127 Å². The van der Waals surface area contributed by atoms with Crippen molar-refractivity contribution in [2.24, 2.45) is 0 Å². The van der Waals surface area contributed by atoms with Gasteiger partial charge in [-0.05, 0) is 24.3 Å². The molecule has 1 amide bonds. The summed E-state index contributed by atoms with van der Waals surface area (Å²) in [5.41, 5.74) is 1.94. The van der Waals surface area contributed by atoms with Gasteiger partial charge in [-0.25, -0.2) is 0 Å². The van der Waals surface area contributed by atoms with Crippen molar-refractivity contribution in [2.45, 2.75) is 0 Å². The molecule has 0 fully saturated rings. The van der Waals surface area contributed by atoms with E-state index in [-0.39, 0.29) is 12.7 Å². The third-order valence-electron chi connectivity index (χ3n) is 3.06. The molecule has 6 nitrogen and oxygen atoms in total. The van der Waals surface area contributed by atoms with Crippen LogP contribution < -0.4 is 20.1 Å². The molecule has 1 aliphatic rings. The smallest absolute Gasteiger partial charge is 0.270 e. The van der Waals surface area contributed by atoms with Crippen molar-refractivity contribution in [3.8, 4) is 11.5 Å². The predicted octanol–water partition coefficient (Wildman–Crippen LogP) is 2.47. The summed E-state index contributed by atoms with van der Waals surface area (Å²) >= 11 is 0. The zero-order chi connectivity index (χ0) is 15.4. The number of aromatic nitrogens is 1. The van der Waals surface area contributed by atoms with Gasteiger partial charge in [-0.2, -0.15) is 0 Å². The van der Waals surface area contributed by atoms with Gasteiger partial charge in [0.25, 0.3) is 5.91 Å². The van der Waals surface area contributed by atoms with Crippen LogP contribution >= 0.6 is 0 Å². The fraction of sp³-hybridized carbons (Fsp3) is 0.125. The molecule has 1 aromatic carbocycles. The molecule has 112 valence electrons. The lowest BCUT2D eigenvalue weighted by Crippen LogP contribution is -2.24. The van der Waals surface area contributed by atoms with E-state index in [0.29, 0.717) is 18.0 Å². The van der Waals surface area contributed by atoms with Crippen LogP contribution in [0.5, 0.6) is 11.5 Å². The van der Waals surface area contributed by atoms with Crippen molar-refractivity contribution in [1.29, 1.82) is 0 Å². The van der Waals surface area contributed by atoms with Crippen LogP contribution in [0.1, 0.15) is 10.5 Å². The molecule has 1 aliphatic heterocycles. The zero-order valence-electron chi connectivity index (χ0n) is 11.8. The normalized spacial score (nSPS) is 11.8. The summed E-state index contributed by atoms with van der Waals surface area (Å²) in [5.74, 6) is 1.18. The lowest BCUT2D eigenvalue weighted by atomic mass is 10.2. The number of ether oxygens (including phenoxy) is 2. The van der Waals surface area contributed by atoms with Gasteiger partial charge < -0.3 is 20.1 Å². The Balaban J connectivity index is 1.75. The number of hydrogen-bond acceptors (Lipinski definition) is 5. The molecule has 2 heterocycles. The molecule has 3 rings (SSSR count). The topological polar surface area (TPSA) is 72.5 Å². The SMILES string of the molecule is C=CCNC(=O)c1cc(Nc2ccc3c(c2)OCO3)ccn1. The number of fused-ring (bicyclic) bond motifs is 1. The molecule has 6 heteroatoms. The minimum atomic E-state index is -0.241. The number of anilines is 2. The molecular formula is C16H15N3O3. The summed E-state index contributed by atoms with van der Waals surface area (Å²) in [5, 5.41) is 5.90. The number of amides is 1. The molecule has 2 N–H and O–H groups in total. The largest absolute Gasteiger partial charge is 0.454 e. The lowest BCUT2D eigenvalue weighted by molar-refractivity contribution is 0.0953. The molecule has 0 saturated heterocycles. The highest BCUT2D eigenvalue weighted by Crippen LogP contribution is 2.35. The van der Waals surface area contributed by atoms with Crippen molar-refractivity contribution < 1.29 is 14.3 Å². The Morgan fingerprint density at radius 1 is 1.23 bits per heavy atom. The molecule has 0 radical (unpaired) electrons. The number of nitrogens with one attached hydrogen (secondary N) is 2. The standard InChI is InChI=1S/C16H15N3O3/c1-2-6-18-16(20)13-8-12(5-7-17-13)19-11-3-4-14-15(9-11)22-10-21-14/h2-5,7-9H,1,6,10H2,(H,17,19)(H,18,20). The highest BCUT2D eigenvalue weighted by Gasteiger charge is 2.13. The first-order chi connectivity index (χ1) is 10.8. The maximum Gasteiger partial charge on any atom is 0.270 e. The highest BCUT2D eigenvalue weighted by molar-refractivity contribution is 5.93. The quantitative estimate of drug-likeness (QED) is 0.829. The molecule has 0 unspecified atom stereocenters. The van der Waals surface area contributed by atoms with E-state index in [2.05, 4.69) is 22.2 Å². The number of hydrogen-bond donors (Lipinski definition) is 2. The minimum Gasteiger partial charge on any atom is -0.454 e. The van der Waals surface area contributed by atoms with E-state index < -0.39 is 0 Å². The summed E-state index contributed by atoms with van der Waals surface area (Å²) in [6.07, 6.45) is 3.20. The Hall–Kier alpha value is -3.02. The van der Waals surface area contributed by atoms with Crippen LogP contribution in [0.4, 0.5) is 11.4 Å². The van der Waals surface area contributed by atoms with Crippen LogP contribution in [0.15, 0.2) is 49.2 Å². The molecule has 0 atom stereocenters. The summed E-state index contributed by atoms with van der Waals surface area (Å²) in [7, 11) is 0. The summed E-state index contributed by atoms with van der Waals surface area (Å²) in [6.45, 7) is 4.20. The zero-order valence-corrected chi connectivity index (χ0v) is 11.8. The minimum absolute atomic E-state index is 0.238. The summed E-state index contributed by atoms with van der Waals surface area (Å²) in [4.78, 5) is 15.9. The fourth-order valence-corrected chi connectivity index (χ4v) is 2.03. The van der Waals surface area contributed by atoms with E-state index in [1.54, 1.807) is 24.4 Å². The van der Waals surface area contributed by atoms with E-state index in [4.69, 9.17) is 9.47 Å². The van der Waals surface area contributed by atoms with Gasteiger partial charge in [0.2, 0.25) is 6.79 Å². The first-order valence-electron chi connectivity index (χ1n) is 6.78. The van der Waals surface area contributed by atoms with Crippen molar-refractivity contribution in [3.63, 3.8) is 0 Å². The Morgan fingerprint density at radius 3 is 2.91 bits per heavy atom. The van der Waals surface area contributed by atoms with Crippen LogP contribution in [0.2, 0.25) is 0 Å². The Kier molecular flexibility index (Phi) is 3.91. The van der Waals surface area contributed by atoms with Gasteiger partial charge in [-0.15, -0.1) is 6.58 Å². The van der Waals surface area contributed by atoms with Gasteiger partial charge in [0, 0.05) is 30.2 Å². The van der Waals surface area contributed by atoms with E-state index in [1.807, 2.05) is 18.2 Å². The number of rotatable bonds is 5. The van der Waals surface area contributed by atoms with E-state index in [1.165, 1.54) is 0 Å². The summed E-state index contributed by atoms with van der Waals surface area (Å²) in [6, 6.07) is 9.03. The highest BCUT2D eigenvalue weighted by atomic mass is 16.7. The number of carbonyl (C=O) groups is 1. The lowest BCUT2D eigenvalue weighted by Gasteiger charge is -2.08. The van der Waals surface area contributed by atoms with Gasteiger partial charge in [0.1, 0.15) is 5.69 Å².